The number of amides is 2. The third kappa shape index (κ3) is 5.24. The standard InChI is InChI=1S/C14H20N2O3S2/c1-12-2-4-13(5-3-12)20-9-6-15-14(17)16-7-10-21(18,19)11-8-16/h2-5H,6-11H2,1H3,(H,15,17). The maximum absolute atomic E-state index is 11.9. The van der Waals surface area contributed by atoms with Crippen molar-refractivity contribution in [3.8, 4) is 0 Å². The van der Waals surface area contributed by atoms with Crippen LogP contribution in [0.25, 0.3) is 0 Å². The van der Waals surface area contributed by atoms with Crippen LogP contribution in [-0.4, -0.2) is 56.2 Å². The number of hydrogen-bond acceptors (Lipinski definition) is 4. The number of benzene rings is 1. The van der Waals surface area contributed by atoms with Gasteiger partial charge in [0.1, 0.15) is 0 Å². The first-order chi connectivity index (χ1) is 9.96. The first kappa shape index (κ1) is 16.2. The van der Waals surface area contributed by atoms with Crippen LogP contribution in [-0.2, 0) is 9.84 Å². The highest BCUT2D eigenvalue weighted by molar-refractivity contribution is 7.99. The van der Waals surface area contributed by atoms with E-state index in [1.165, 1.54) is 10.5 Å². The smallest absolute Gasteiger partial charge is 0.317 e. The van der Waals surface area contributed by atoms with Gasteiger partial charge in [0, 0.05) is 30.3 Å². The summed E-state index contributed by atoms with van der Waals surface area (Å²) in [5, 5.41) is 2.83. The molecule has 1 N–H and O–H groups in total. The van der Waals surface area contributed by atoms with Gasteiger partial charge in [0.25, 0.3) is 0 Å². The number of thioether (sulfide) groups is 1. The fraction of sp³-hybridized carbons (Fsp3) is 0.500. The van der Waals surface area contributed by atoms with Gasteiger partial charge in [0.05, 0.1) is 11.5 Å². The van der Waals surface area contributed by atoms with Gasteiger partial charge in [0.15, 0.2) is 9.84 Å². The summed E-state index contributed by atoms with van der Waals surface area (Å²) in [5.74, 6) is 0.929. The maximum atomic E-state index is 11.9. The molecule has 1 fully saturated rings. The van der Waals surface area contributed by atoms with Crippen molar-refractivity contribution in [2.24, 2.45) is 0 Å². The molecular weight excluding hydrogens is 308 g/mol. The summed E-state index contributed by atoms with van der Waals surface area (Å²) < 4.78 is 22.6. The summed E-state index contributed by atoms with van der Waals surface area (Å²) in [6, 6.07) is 8.09. The molecular formula is C14H20N2O3S2. The predicted octanol–water partition coefficient (Wildman–Crippen LogP) is 1.53. The normalized spacial score (nSPS) is 17.5. The molecule has 1 aromatic carbocycles. The Morgan fingerprint density at radius 2 is 1.86 bits per heavy atom. The van der Waals surface area contributed by atoms with Crippen LogP contribution in [0.3, 0.4) is 0 Å². The molecule has 2 rings (SSSR count). The summed E-state index contributed by atoms with van der Waals surface area (Å²) in [5.41, 5.74) is 1.23. The summed E-state index contributed by atoms with van der Waals surface area (Å²) in [6.07, 6.45) is 0. The van der Waals surface area contributed by atoms with Crippen LogP contribution >= 0.6 is 11.8 Å². The largest absolute Gasteiger partial charge is 0.337 e. The number of nitrogens with one attached hydrogen (secondary N) is 1. The average molecular weight is 328 g/mol. The molecule has 0 aliphatic carbocycles. The Morgan fingerprint density at radius 3 is 2.48 bits per heavy atom. The van der Waals surface area contributed by atoms with E-state index in [2.05, 4.69) is 29.6 Å². The van der Waals surface area contributed by atoms with E-state index >= 15 is 0 Å². The Morgan fingerprint density at radius 1 is 1.24 bits per heavy atom. The molecule has 5 nitrogen and oxygen atoms in total. The molecule has 1 aliphatic rings. The minimum atomic E-state index is -2.94. The molecule has 1 saturated heterocycles. The van der Waals surface area contributed by atoms with Gasteiger partial charge in [-0.2, -0.15) is 0 Å². The van der Waals surface area contributed by atoms with Crippen LogP contribution in [0.1, 0.15) is 5.56 Å². The lowest BCUT2D eigenvalue weighted by Gasteiger charge is -2.26. The van der Waals surface area contributed by atoms with E-state index in [9.17, 15) is 13.2 Å². The average Bonchev–Trinajstić information content (AvgIpc) is 2.45. The first-order valence-electron chi connectivity index (χ1n) is 6.89. The lowest BCUT2D eigenvalue weighted by molar-refractivity contribution is 0.203. The van der Waals surface area contributed by atoms with Gasteiger partial charge < -0.3 is 10.2 Å². The van der Waals surface area contributed by atoms with E-state index in [0.717, 1.165) is 5.75 Å². The Hall–Kier alpha value is -1.21. The number of aryl methyl sites for hydroxylation is 1. The van der Waals surface area contributed by atoms with Crippen molar-refractivity contribution in [3.05, 3.63) is 29.8 Å². The van der Waals surface area contributed by atoms with Crippen LogP contribution < -0.4 is 5.32 Å². The molecule has 0 bridgehead atoms. The van der Waals surface area contributed by atoms with Gasteiger partial charge >= 0.3 is 6.03 Å². The van der Waals surface area contributed by atoms with E-state index in [-0.39, 0.29) is 17.5 Å². The number of carbonyl (C=O) groups excluding carboxylic acids is 1. The van der Waals surface area contributed by atoms with E-state index in [0.29, 0.717) is 19.6 Å². The highest BCUT2D eigenvalue weighted by Gasteiger charge is 2.24. The number of carbonyl (C=O) groups is 1. The molecule has 116 valence electrons. The van der Waals surface area contributed by atoms with Crippen molar-refractivity contribution < 1.29 is 13.2 Å². The number of rotatable bonds is 4. The molecule has 0 spiro atoms. The zero-order valence-corrected chi connectivity index (χ0v) is 13.7. The number of nitrogens with zero attached hydrogens (tertiary/aromatic N) is 1. The van der Waals surface area contributed by atoms with Gasteiger partial charge in [-0.1, -0.05) is 17.7 Å². The van der Waals surface area contributed by atoms with Crippen molar-refractivity contribution in [2.45, 2.75) is 11.8 Å². The van der Waals surface area contributed by atoms with Crippen LogP contribution in [0.5, 0.6) is 0 Å². The summed E-state index contributed by atoms with van der Waals surface area (Å²) in [4.78, 5) is 14.6. The Balaban J connectivity index is 1.67. The zero-order chi connectivity index (χ0) is 15.3. The zero-order valence-electron chi connectivity index (χ0n) is 12.0. The van der Waals surface area contributed by atoms with E-state index in [4.69, 9.17) is 0 Å². The molecule has 0 unspecified atom stereocenters. The SMILES string of the molecule is Cc1ccc(SCCNC(=O)N2CCS(=O)(=O)CC2)cc1. The third-order valence-corrected chi connectivity index (χ3v) is 5.92. The summed E-state index contributed by atoms with van der Waals surface area (Å²) in [6.45, 7) is 3.20. The van der Waals surface area contributed by atoms with E-state index in [1.54, 1.807) is 16.7 Å². The summed E-state index contributed by atoms with van der Waals surface area (Å²) >= 11 is 1.69. The lowest BCUT2D eigenvalue weighted by Crippen LogP contribution is -2.48. The third-order valence-electron chi connectivity index (χ3n) is 3.30. The Bertz CT molecular complexity index is 571. The predicted molar refractivity (Wildman–Crippen MR) is 85.5 cm³/mol. The highest BCUT2D eigenvalue weighted by Crippen LogP contribution is 2.17. The molecule has 1 aromatic rings. The van der Waals surface area contributed by atoms with Crippen LogP contribution in [0.4, 0.5) is 4.79 Å². The number of urea groups is 1. The number of hydrogen-bond donors (Lipinski definition) is 1. The quantitative estimate of drug-likeness (QED) is 0.672. The highest BCUT2D eigenvalue weighted by atomic mass is 32.2. The summed E-state index contributed by atoms with van der Waals surface area (Å²) in [7, 11) is -2.94. The second-order valence-corrected chi connectivity index (χ2v) is 8.50. The van der Waals surface area contributed by atoms with E-state index in [1.807, 2.05) is 6.92 Å². The molecule has 7 heteroatoms. The number of sulfone groups is 1. The molecule has 0 saturated carbocycles. The fourth-order valence-corrected chi connectivity index (χ4v) is 3.96. The van der Waals surface area contributed by atoms with Crippen molar-refractivity contribution >= 4 is 27.6 Å². The van der Waals surface area contributed by atoms with Crippen LogP contribution in [0.2, 0.25) is 0 Å². The van der Waals surface area contributed by atoms with Gasteiger partial charge in [-0.25, -0.2) is 13.2 Å². The molecule has 1 aliphatic heterocycles. The van der Waals surface area contributed by atoms with E-state index < -0.39 is 9.84 Å². The molecule has 0 aromatic heterocycles. The topological polar surface area (TPSA) is 66.5 Å². The molecule has 0 atom stereocenters. The Labute approximate surface area is 130 Å². The van der Waals surface area contributed by atoms with Crippen molar-refractivity contribution in [1.82, 2.24) is 10.2 Å². The van der Waals surface area contributed by atoms with Crippen molar-refractivity contribution in [1.29, 1.82) is 0 Å². The minimum absolute atomic E-state index is 0.0680. The second kappa shape index (κ2) is 7.17. The van der Waals surface area contributed by atoms with Gasteiger partial charge in [0.2, 0.25) is 0 Å². The lowest BCUT2D eigenvalue weighted by atomic mass is 10.2. The fourth-order valence-electron chi connectivity index (χ4n) is 1.99. The van der Waals surface area contributed by atoms with Crippen LogP contribution in [0, 0.1) is 6.92 Å². The van der Waals surface area contributed by atoms with Gasteiger partial charge in [-0.3, -0.25) is 0 Å². The second-order valence-electron chi connectivity index (χ2n) is 5.03. The monoisotopic (exact) mass is 328 g/mol. The van der Waals surface area contributed by atoms with Gasteiger partial charge in [-0.05, 0) is 19.1 Å². The minimum Gasteiger partial charge on any atom is -0.337 e. The molecule has 2 amide bonds. The molecule has 21 heavy (non-hydrogen) atoms. The van der Waals surface area contributed by atoms with Crippen molar-refractivity contribution in [2.75, 3.05) is 36.9 Å². The molecule has 0 radical (unpaired) electrons. The van der Waals surface area contributed by atoms with Gasteiger partial charge in [-0.15, -0.1) is 11.8 Å². The first-order valence-corrected chi connectivity index (χ1v) is 9.70. The Kier molecular flexibility index (Phi) is 5.52. The van der Waals surface area contributed by atoms with Crippen molar-refractivity contribution in [3.63, 3.8) is 0 Å². The van der Waals surface area contributed by atoms with Crippen LogP contribution in [0.15, 0.2) is 29.2 Å². The molecule has 1 heterocycles. The maximum Gasteiger partial charge on any atom is 0.317 e.